The first-order valence-corrected chi connectivity index (χ1v) is 15.3. The highest BCUT2D eigenvalue weighted by atomic mass is 16.5. The van der Waals surface area contributed by atoms with Gasteiger partial charge in [0, 0.05) is 25.8 Å². The van der Waals surface area contributed by atoms with Crippen molar-refractivity contribution in [1.29, 1.82) is 0 Å². The lowest BCUT2D eigenvalue weighted by molar-refractivity contribution is -0.139. The average molecular weight is 574 g/mol. The quantitative estimate of drug-likeness (QED) is 0.138. The zero-order valence-electron chi connectivity index (χ0n) is 25.4. The fraction of sp³-hybridized carbons (Fsp3) is 0.429. The number of unbranched alkanes of at least 4 members (excludes halogenated alkanes) is 5. The molecule has 0 aromatic heterocycles. The number of rotatable bonds is 18. The molecule has 7 heteroatoms. The largest absolute Gasteiger partial charge is 0.494 e. The smallest absolute Gasteiger partial charge is 0.321 e. The lowest BCUT2D eigenvalue weighted by atomic mass is 10.00. The molecule has 0 spiro atoms. The summed E-state index contributed by atoms with van der Waals surface area (Å²) in [7, 11) is 1.78. The van der Waals surface area contributed by atoms with Gasteiger partial charge in [-0.15, -0.1) is 0 Å². The molecular weight excluding hydrogens is 526 g/mol. The van der Waals surface area contributed by atoms with Crippen LogP contribution in [0.5, 0.6) is 5.75 Å². The van der Waals surface area contributed by atoms with E-state index < -0.39 is 12.0 Å². The van der Waals surface area contributed by atoms with Gasteiger partial charge < -0.3 is 20.5 Å². The zero-order valence-corrected chi connectivity index (χ0v) is 25.4. The van der Waals surface area contributed by atoms with E-state index in [2.05, 4.69) is 24.5 Å². The van der Waals surface area contributed by atoms with Crippen LogP contribution in [0, 0.1) is 0 Å². The molecule has 3 rings (SSSR count). The Morgan fingerprint density at radius 1 is 0.833 bits per heavy atom. The number of benzene rings is 3. The number of carboxylic acids is 1. The number of carbonyl (C=O) groups is 2. The molecule has 226 valence electrons. The number of carbonyl (C=O) groups excluding carboxylic acids is 1. The Labute approximate surface area is 251 Å². The van der Waals surface area contributed by atoms with E-state index in [0.717, 1.165) is 59.4 Å². The van der Waals surface area contributed by atoms with Gasteiger partial charge in [-0.05, 0) is 65.8 Å². The molecule has 42 heavy (non-hydrogen) atoms. The van der Waals surface area contributed by atoms with Gasteiger partial charge >= 0.3 is 12.0 Å². The summed E-state index contributed by atoms with van der Waals surface area (Å²) in [5.41, 5.74) is 4.75. The number of nitrogens with zero attached hydrogens (tertiary/aromatic N) is 1. The fourth-order valence-corrected chi connectivity index (χ4v) is 4.65. The number of amides is 2. The SMILES string of the molecule is CCCCCCCNC(=O)N(C)c1cccc(-c2ccc(C[C@H](NCc3ccc(OCCCC)cc3)C(=O)O)cc2)c1. The molecular formula is C35H47N3O4. The Morgan fingerprint density at radius 3 is 2.21 bits per heavy atom. The van der Waals surface area contributed by atoms with Crippen LogP contribution in [0.1, 0.15) is 69.9 Å². The van der Waals surface area contributed by atoms with Crippen LogP contribution in [0.15, 0.2) is 72.8 Å². The summed E-state index contributed by atoms with van der Waals surface area (Å²) in [6.07, 6.45) is 8.26. The van der Waals surface area contributed by atoms with Gasteiger partial charge in [0.05, 0.1) is 6.61 Å². The molecule has 0 fully saturated rings. The molecule has 0 radical (unpaired) electrons. The van der Waals surface area contributed by atoms with Crippen LogP contribution < -0.4 is 20.3 Å². The number of nitrogens with one attached hydrogen (secondary N) is 2. The monoisotopic (exact) mass is 573 g/mol. The van der Waals surface area contributed by atoms with Gasteiger partial charge in [0.1, 0.15) is 11.8 Å². The van der Waals surface area contributed by atoms with Crippen LogP contribution in [-0.4, -0.2) is 43.3 Å². The van der Waals surface area contributed by atoms with Crippen LogP contribution >= 0.6 is 0 Å². The van der Waals surface area contributed by atoms with Crippen molar-refractivity contribution in [2.75, 3.05) is 25.1 Å². The van der Waals surface area contributed by atoms with Gasteiger partial charge in [-0.2, -0.15) is 0 Å². The maximum Gasteiger partial charge on any atom is 0.321 e. The van der Waals surface area contributed by atoms with Crippen molar-refractivity contribution in [3.63, 3.8) is 0 Å². The Morgan fingerprint density at radius 2 is 1.52 bits per heavy atom. The molecule has 0 aliphatic carbocycles. The first kappa shape index (κ1) is 32.7. The third-order valence-corrected chi connectivity index (χ3v) is 7.36. The number of anilines is 1. The second-order valence-electron chi connectivity index (χ2n) is 10.8. The van der Waals surface area contributed by atoms with Gasteiger partial charge in [0.2, 0.25) is 0 Å². The van der Waals surface area contributed by atoms with E-state index >= 15 is 0 Å². The van der Waals surface area contributed by atoms with Crippen LogP contribution in [0.4, 0.5) is 10.5 Å². The van der Waals surface area contributed by atoms with Crippen molar-refractivity contribution in [1.82, 2.24) is 10.6 Å². The molecule has 0 saturated heterocycles. The zero-order chi connectivity index (χ0) is 30.2. The Hall–Kier alpha value is -3.84. The molecule has 0 saturated carbocycles. The lowest BCUT2D eigenvalue weighted by Gasteiger charge is -2.19. The van der Waals surface area contributed by atoms with E-state index in [0.29, 0.717) is 26.1 Å². The van der Waals surface area contributed by atoms with E-state index in [9.17, 15) is 14.7 Å². The normalized spacial score (nSPS) is 11.6. The Balaban J connectivity index is 1.54. The second kappa shape index (κ2) is 17.9. The summed E-state index contributed by atoms with van der Waals surface area (Å²) in [5, 5.41) is 16.0. The summed E-state index contributed by atoms with van der Waals surface area (Å²) < 4.78 is 5.71. The van der Waals surface area contributed by atoms with Gasteiger partial charge in [-0.25, -0.2) is 4.79 Å². The minimum absolute atomic E-state index is 0.110. The number of carboxylic acid groups (broad SMARTS) is 1. The highest BCUT2D eigenvalue weighted by molar-refractivity contribution is 5.92. The molecule has 0 bridgehead atoms. The van der Waals surface area contributed by atoms with Crippen molar-refractivity contribution in [2.45, 2.75) is 77.8 Å². The fourth-order valence-electron chi connectivity index (χ4n) is 4.65. The lowest BCUT2D eigenvalue weighted by Crippen LogP contribution is -2.38. The maximum absolute atomic E-state index is 12.6. The van der Waals surface area contributed by atoms with Crippen LogP contribution in [0.2, 0.25) is 0 Å². The third kappa shape index (κ3) is 10.9. The van der Waals surface area contributed by atoms with Crippen LogP contribution in [0.25, 0.3) is 11.1 Å². The highest BCUT2D eigenvalue weighted by Crippen LogP contribution is 2.25. The van der Waals surface area contributed by atoms with E-state index in [1.165, 1.54) is 19.3 Å². The predicted molar refractivity (Wildman–Crippen MR) is 171 cm³/mol. The molecule has 7 nitrogen and oxygen atoms in total. The number of urea groups is 1. The molecule has 0 aliphatic heterocycles. The second-order valence-corrected chi connectivity index (χ2v) is 10.8. The summed E-state index contributed by atoms with van der Waals surface area (Å²) in [4.78, 5) is 26.3. The Kier molecular flexibility index (Phi) is 13.9. The van der Waals surface area contributed by atoms with Crippen molar-refractivity contribution in [3.8, 4) is 16.9 Å². The molecule has 0 unspecified atom stereocenters. The molecule has 3 aromatic carbocycles. The van der Waals surface area contributed by atoms with Gasteiger partial charge in [-0.3, -0.25) is 9.69 Å². The number of aliphatic carboxylic acids is 1. The molecule has 2 amide bonds. The standard InChI is InChI=1S/C35H47N3O4/c1-4-6-8-9-10-22-36-35(41)38(3)31-13-11-12-30(25-31)29-18-14-27(15-19-29)24-33(34(39)40)37-26-28-16-20-32(21-17-28)42-23-7-5-2/h11-21,25,33,37H,4-10,22-24,26H2,1-3H3,(H,36,41)(H,39,40)/t33-/m0/s1. The van der Waals surface area contributed by atoms with Gasteiger partial charge in [0.15, 0.2) is 0 Å². The number of hydrogen-bond acceptors (Lipinski definition) is 4. The predicted octanol–water partition coefficient (Wildman–Crippen LogP) is 7.43. The maximum atomic E-state index is 12.6. The van der Waals surface area contributed by atoms with Crippen molar-refractivity contribution >= 4 is 17.7 Å². The summed E-state index contributed by atoms with van der Waals surface area (Å²) in [6, 6.07) is 22.8. The average Bonchev–Trinajstić information content (AvgIpc) is 3.01. The third-order valence-electron chi connectivity index (χ3n) is 7.36. The number of ether oxygens (including phenoxy) is 1. The topological polar surface area (TPSA) is 90.9 Å². The van der Waals surface area contributed by atoms with E-state index in [1.54, 1.807) is 11.9 Å². The molecule has 1 atom stereocenters. The van der Waals surface area contributed by atoms with Gasteiger partial charge in [0.25, 0.3) is 0 Å². The van der Waals surface area contributed by atoms with Crippen molar-refractivity contribution < 1.29 is 19.4 Å². The minimum atomic E-state index is -0.881. The van der Waals surface area contributed by atoms with Gasteiger partial charge in [-0.1, -0.05) is 94.5 Å². The summed E-state index contributed by atoms with van der Waals surface area (Å²) in [6.45, 7) is 6.16. The van der Waals surface area contributed by atoms with Crippen LogP contribution in [0.3, 0.4) is 0 Å². The molecule has 3 aromatic rings. The van der Waals surface area contributed by atoms with Crippen molar-refractivity contribution in [2.24, 2.45) is 0 Å². The van der Waals surface area contributed by atoms with E-state index in [4.69, 9.17) is 4.74 Å². The summed E-state index contributed by atoms with van der Waals surface area (Å²) >= 11 is 0. The molecule has 0 aliphatic rings. The number of hydrogen-bond donors (Lipinski definition) is 3. The first-order valence-electron chi connectivity index (χ1n) is 15.3. The summed E-state index contributed by atoms with van der Waals surface area (Å²) in [5.74, 6) is -0.0516. The first-order chi connectivity index (χ1) is 20.4. The highest BCUT2D eigenvalue weighted by Gasteiger charge is 2.18. The van der Waals surface area contributed by atoms with E-state index in [-0.39, 0.29) is 6.03 Å². The Bertz CT molecular complexity index is 1230. The minimum Gasteiger partial charge on any atom is -0.494 e. The molecule has 3 N–H and O–H groups in total. The van der Waals surface area contributed by atoms with Crippen LogP contribution in [-0.2, 0) is 17.8 Å². The van der Waals surface area contributed by atoms with Crippen molar-refractivity contribution in [3.05, 3.63) is 83.9 Å². The van der Waals surface area contributed by atoms with E-state index in [1.807, 2.05) is 72.8 Å². The molecule has 0 heterocycles.